The predicted molar refractivity (Wildman–Crippen MR) is 118 cm³/mol. The van der Waals surface area contributed by atoms with E-state index in [1.807, 2.05) is 48.5 Å². The van der Waals surface area contributed by atoms with E-state index in [2.05, 4.69) is 12.2 Å². The number of methoxy groups -OCH3 is 1. The second-order valence-electron chi connectivity index (χ2n) is 7.98. The second-order valence-corrected chi connectivity index (χ2v) is 7.98. The van der Waals surface area contributed by atoms with Crippen LogP contribution < -0.4 is 10.1 Å². The molecule has 31 heavy (non-hydrogen) atoms. The summed E-state index contributed by atoms with van der Waals surface area (Å²) in [5.74, 6) is 0.382. The van der Waals surface area contributed by atoms with Gasteiger partial charge in [-0.3, -0.25) is 9.78 Å². The number of nitrogens with one attached hydrogen (secondary N) is 1. The minimum atomic E-state index is -0.472. The van der Waals surface area contributed by atoms with Crippen LogP contribution in [0.1, 0.15) is 40.5 Å². The molecular formula is C25H26N2O4. The fraction of sp³-hybridized carbons (Fsp3) is 0.320. The van der Waals surface area contributed by atoms with Crippen molar-refractivity contribution in [3.05, 3.63) is 70.9 Å². The number of hydrogen-bond acceptors (Lipinski definition) is 5. The fourth-order valence-corrected chi connectivity index (χ4v) is 4.03. The van der Waals surface area contributed by atoms with Crippen LogP contribution in [0.15, 0.2) is 48.5 Å². The molecule has 0 radical (unpaired) electrons. The number of aryl methyl sites for hydroxylation is 1. The minimum Gasteiger partial charge on any atom is -0.497 e. The first-order valence-electron chi connectivity index (χ1n) is 10.5. The van der Waals surface area contributed by atoms with E-state index in [4.69, 9.17) is 14.5 Å². The third-order valence-corrected chi connectivity index (χ3v) is 5.67. The highest BCUT2D eigenvalue weighted by atomic mass is 16.5. The Hall–Kier alpha value is -3.41. The molecule has 0 bridgehead atoms. The zero-order valence-electron chi connectivity index (χ0n) is 17.8. The van der Waals surface area contributed by atoms with E-state index in [0.717, 1.165) is 52.7 Å². The summed E-state index contributed by atoms with van der Waals surface area (Å²) in [4.78, 5) is 30.1. The van der Waals surface area contributed by atoms with Crippen LogP contribution in [0.3, 0.4) is 0 Å². The van der Waals surface area contributed by atoms with Gasteiger partial charge in [0.15, 0.2) is 6.61 Å². The highest BCUT2D eigenvalue weighted by Crippen LogP contribution is 2.32. The number of carbonyl (C=O) groups excluding carboxylic acids is 2. The highest BCUT2D eigenvalue weighted by Gasteiger charge is 2.26. The molecule has 6 nitrogen and oxygen atoms in total. The van der Waals surface area contributed by atoms with Gasteiger partial charge in [-0.15, -0.1) is 0 Å². The molecule has 0 saturated heterocycles. The lowest BCUT2D eigenvalue weighted by Gasteiger charge is -2.24. The summed E-state index contributed by atoms with van der Waals surface area (Å²) in [5, 5.41) is 3.55. The summed E-state index contributed by atoms with van der Waals surface area (Å²) >= 11 is 0. The van der Waals surface area contributed by atoms with Crippen molar-refractivity contribution in [2.75, 3.05) is 13.7 Å². The van der Waals surface area contributed by atoms with Gasteiger partial charge in [-0.1, -0.05) is 37.3 Å². The Morgan fingerprint density at radius 2 is 2.00 bits per heavy atom. The summed E-state index contributed by atoms with van der Waals surface area (Å²) in [7, 11) is 1.60. The number of benzene rings is 2. The van der Waals surface area contributed by atoms with E-state index in [9.17, 15) is 9.59 Å². The maximum Gasteiger partial charge on any atom is 0.339 e. The first kappa shape index (κ1) is 20.8. The van der Waals surface area contributed by atoms with Gasteiger partial charge in [0.2, 0.25) is 0 Å². The van der Waals surface area contributed by atoms with E-state index < -0.39 is 5.97 Å². The summed E-state index contributed by atoms with van der Waals surface area (Å²) in [5.41, 5.74) is 4.16. The Kier molecular flexibility index (Phi) is 6.16. The molecule has 1 heterocycles. The van der Waals surface area contributed by atoms with Gasteiger partial charge < -0.3 is 14.8 Å². The number of esters is 1. The van der Waals surface area contributed by atoms with Crippen molar-refractivity contribution in [3.8, 4) is 5.75 Å². The van der Waals surface area contributed by atoms with Crippen LogP contribution in [0.25, 0.3) is 10.9 Å². The Labute approximate surface area is 181 Å². The van der Waals surface area contributed by atoms with Crippen LogP contribution in [-0.2, 0) is 28.9 Å². The Balaban J connectivity index is 1.47. The molecule has 160 valence electrons. The number of hydrogen-bond donors (Lipinski definition) is 1. The summed E-state index contributed by atoms with van der Waals surface area (Å²) in [6.07, 6.45) is 2.70. The monoisotopic (exact) mass is 418 g/mol. The Morgan fingerprint density at radius 3 is 2.84 bits per heavy atom. The molecule has 0 saturated carbocycles. The van der Waals surface area contributed by atoms with Crippen LogP contribution in [0.2, 0.25) is 0 Å². The van der Waals surface area contributed by atoms with Crippen LogP contribution in [0, 0.1) is 5.92 Å². The van der Waals surface area contributed by atoms with Gasteiger partial charge in [0.1, 0.15) is 5.75 Å². The first-order chi connectivity index (χ1) is 15.0. The van der Waals surface area contributed by atoms with Crippen molar-refractivity contribution in [1.29, 1.82) is 0 Å². The molecule has 1 aliphatic rings. The lowest BCUT2D eigenvalue weighted by Crippen LogP contribution is -2.29. The minimum absolute atomic E-state index is 0.330. The molecule has 1 atom stereocenters. The van der Waals surface area contributed by atoms with Gasteiger partial charge >= 0.3 is 5.97 Å². The molecule has 0 aliphatic heterocycles. The molecule has 1 aromatic heterocycles. The maximum atomic E-state index is 13.1. The second kappa shape index (κ2) is 9.16. The van der Waals surface area contributed by atoms with E-state index in [1.54, 1.807) is 7.11 Å². The molecule has 3 aromatic rings. The van der Waals surface area contributed by atoms with Gasteiger partial charge in [0.05, 0.1) is 18.2 Å². The molecule has 6 heteroatoms. The van der Waals surface area contributed by atoms with Crippen molar-refractivity contribution < 1.29 is 19.1 Å². The molecule has 1 aliphatic carbocycles. The van der Waals surface area contributed by atoms with Crippen molar-refractivity contribution in [3.63, 3.8) is 0 Å². The van der Waals surface area contributed by atoms with Crippen molar-refractivity contribution in [2.24, 2.45) is 5.92 Å². The number of pyridine rings is 1. The van der Waals surface area contributed by atoms with Crippen LogP contribution >= 0.6 is 0 Å². The normalized spacial score (nSPS) is 15.2. The number of rotatable bonds is 6. The lowest BCUT2D eigenvalue weighted by atomic mass is 9.84. The van der Waals surface area contributed by atoms with Crippen LogP contribution in [0.5, 0.6) is 5.75 Å². The number of aromatic nitrogens is 1. The lowest BCUT2D eigenvalue weighted by molar-refractivity contribution is -0.124. The SMILES string of the molecule is COc1cccc(CNC(=O)COC(=O)c2c3c(nc4ccccc24)CC[C@@H](C)C3)c1. The fourth-order valence-electron chi connectivity index (χ4n) is 4.03. The van der Waals surface area contributed by atoms with E-state index in [-0.39, 0.29) is 12.5 Å². The molecule has 1 amide bonds. The number of nitrogens with zero attached hydrogens (tertiary/aromatic N) is 1. The Bertz CT molecular complexity index is 1130. The zero-order chi connectivity index (χ0) is 21.8. The largest absolute Gasteiger partial charge is 0.497 e. The standard InChI is InChI=1S/C25H26N2O4/c1-16-10-11-22-20(12-16)24(19-8-3-4-9-21(19)27-22)25(29)31-15-23(28)26-14-17-6-5-7-18(13-17)30-2/h3-9,13,16H,10-12,14-15H2,1-2H3,(H,26,28)/t16-/m1/s1. The summed E-state index contributed by atoms with van der Waals surface area (Å²) in [6, 6.07) is 15.0. The predicted octanol–water partition coefficient (Wildman–Crippen LogP) is 3.84. The summed E-state index contributed by atoms with van der Waals surface area (Å²) in [6.45, 7) is 2.18. The smallest absolute Gasteiger partial charge is 0.339 e. The molecule has 1 N–H and O–H groups in total. The van der Waals surface area contributed by atoms with E-state index in [0.29, 0.717) is 18.0 Å². The number of fused-ring (bicyclic) bond motifs is 2. The molecule has 0 spiro atoms. The average Bonchev–Trinajstić information content (AvgIpc) is 2.79. The number of ether oxygens (including phenoxy) is 2. The van der Waals surface area contributed by atoms with Gasteiger partial charge in [-0.05, 0) is 54.5 Å². The third kappa shape index (κ3) is 4.68. The maximum absolute atomic E-state index is 13.1. The quantitative estimate of drug-likeness (QED) is 0.616. The van der Waals surface area contributed by atoms with Crippen molar-refractivity contribution >= 4 is 22.8 Å². The number of carbonyl (C=O) groups is 2. The first-order valence-corrected chi connectivity index (χ1v) is 10.5. The van der Waals surface area contributed by atoms with Gasteiger partial charge in [-0.25, -0.2) is 4.79 Å². The molecular weight excluding hydrogens is 392 g/mol. The summed E-state index contributed by atoms with van der Waals surface area (Å²) < 4.78 is 10.6. The number of para-hydroxylation sites is 1. The van der Waals surface area contributed by atoms with Crippen LogP contribution in [0.4, 0.5) is 0 Å². The van der Waals surface area contributed by atoms with Gasteiger partial charge in [0, 0.05) is 17.6 Å². The van der Waals surface area contributed by atoms with Gasteiger partial charge in [-0.2, -0.15) is 0 Å². The molecule has 0 unspecified atom stereocenters. The van der Waals surface area contributed by atoms with Gasteiger partial charge in [0.25, 0.3) is 5.91 Å². The molecule has 0 fully saturated rings. The topological polar surface area (TPSA) is 77.5 Å². The van der Waals surface area contributed by atoms with Crippen molar-refractivity contribution in [1.82, 2.24) is 10.3 Å². The van der Waals surface area contributed by atoms with E-state index >= 15 is 0 Å². The highest BCUT2D eigenvalue weighted by molar-refractivity contribution is 6.05. The third-order valence-electron chi connectivity index (χ3n) is 5.67. The van der Waals surface area contributed by atoms with E-state index in [1.165, 1.54) is 0 Å². The molecule has 2 aromatic carbocycles. The molecule has 4 rings (SSSR count). The Morgan fingerprint density at radius 1 is 1.16 bits per heavy atom. The number of amides is 1. The van der Waals surface area contributed by atoms with Crippen molar-refractivity contribution in [2.45, 2.75) is 32.7 Å². The average molecular weight is 418 g/mol. The zero-order valence-corrected chi connectivity index (χ0v) is 17.8. The van der Waals surface area contributed by atoms with Crippen LogP contribution in [-0.4, -0.2) is 30.6 Å².